The van der Waals surface area contributed by atoms with Gasteiger partial charge in [-0.3, -0.25) is 0 Å². The van der Waals surface area contributed by atoms with E-state index in [9.17, 15) is 4.79 Å². The third kappa shape index (κ3) is 4.70. The summed E-state index contributed by atoms with van der Waals surface area (Å²) in [5.74, 6) is 0. The van der Waals surface area contributed by atoms with Crippen LogP contribution in [0.25, 0.3) is 0 Å². The Balaban J connectivity index is 1.34. The number of nitrogens with zero attached hydrogens (tertiary/aromatic N) is 1. The molecule has 0 radical (unpaired) electrons. The van der Waals surface area contributed by atoms with Crippen LogP contribution in [-0.4, -0.2) is 36.7 Å². The van der Waals surface area contributed by atoms with Crippen LogP contribution in [0, 0.1) is 0 Å². The Labute approximate surface area is 143 Å². The minimum absolute atomic E-state index is 0.0820. The fraction of sp³-hybridized carbons (Fsp3) is 0.722. The summed E-state index contributed by atoms with van der Waals surface area (Å²) in [6, 6.07) is 4.56. The van der Waals surface area contributed by atoms with Gasteiger partial charge in [0.2, 0.25) is 0 Å². The van der Waals surface area contributed by atoms with Crippen LogP contribution in [0.5, 0.6) is 0 Å². The fourth-order valence-corrected chi connectivity index (χ4v) is 4.51. The molecule has 2 heterocycles. The first kappa shape index (κ1) is 16.8. The van der Waals surface area contributed by atoms with Gasteiger partial charge in [-0.25, -0.2) is 4.79 Å². The molecule has 2 fully saturated rings. The molecule has 0 aromatic carbocycles. The van der Waals surface area contributed by atoms with Gasteiger partial charge in [-0.05, 0) is 43.6 Å². The molecule has 128 valence electrons. The lowest BCUT2D eigenvalue weighted by atomic mass is 9.98. The number of carbonyl (C=O) groups is 1. The van der Waals surface area contributed by atoms with Gasteiger partial charge in [-0.2, -0.15) is 0 Å². The Morgan fingerprint density at radius 2 is 2.13 bits per heavy atom. The molecule has 2 amide bonds. The largest absolute Gasteiger partial charge is 0.378 e. The lowest BCUT2D eigenvalue weighted by Crippen LogP contribution is -2.40. The van der Waals surface area contributed by atoms with Crippen molar-refractivity contribution in [3.05, 3.63) is 22.4 Å². The number of urea groups is 1. The molecular weight excluding hydrogens is 308 g/mol. The molecule has 3 rings (SSSR count). The van der Waals surface area contributed by atoms with Crippen molar-refractivity contribution in [3.8, 4) is 0 Å². The maximum Gasteiger partial charge on any atom is 0.317 e. The zero-order valence-corrected chi connectivity index (χ0v) is 14.7. The highest BCUT2D eigenvalue weighted by Crippen LogP contribution is 2.34. The molecule has 1 N–H and O–H groups in total. The highest BCUT2D eigenvalue weighted by Gasteiger charge is 2.30. The first-order valence-corrected chi connectivity index (χ1v) is 9.92. The topological polar surface area (TPSA) is 41.6 Å². The number of thiophene rings is 1. The normalized spacial score (nSPS) is 22.4. The third-order valence-corrected chi connectivity index (χ3v) is 5.86. The van der Waals surface area contributed by atoms with Gasteiger partial charge in [-0.1, -0.05) is 25.3 Å². The van der Waals surface area contributed by atoms with Gasteiger partial charge in [0.05, 0.1) is 12.1 Å². The minimum atomic E-state index is 0.0820. The predicted molar refractivity (Wildman–Crippen MR) is 93.8 cm³/mol. The summed E-state index contributed by atoms with van der Waals surface area (Å²) in [4.78, 5) is 15.7. The van der Waals surface area contributed by atoms with E-state index in [0.717, 1.165) is 32.4 Å². The van der Waals surface area contributed by atoms with Crippen molar-refractivity contribution in [1.82, 2.24) is 10.2 Å². The molecule has 4 nitrogen and oxygen atoms in total. The van der Waals surface area contributed by atoms with E-state index in [2.05, 4.69) is 22.8 Å². The van der Waals surface area contributed by atoms with E-state index in [4.69, 9.17) is 4.74 Å². The Morgan fingerprint density at radius 3 is 2.91 bits per heavy atom. The molecule has 1 saturated carbocycles. The highest BCUT2D eigenvalue weighted by molar-refractivity contribution is 7.10. The molecule has 1 atom stereocenters. The van der Waals surface area contributed by atoms with Gasteiger partial charge in [0.15, 0.2) is 0 Å². The number of hydrogen-bond donors (Lipinski definition) is 1. The molecule has 1 aromatic heterocycles. The van der Waals surface area contributed by atoms with Crippen LogP contribution in [0.3, 0.4) is 0 Å². The van der Waals surface area contributed by atoms with E-state index in [1.165, 1.54) is 37.0 Å². The predicted octanol–water partition coefficient (Wildman–Crippen LogP) is 4.33. The SMILES string of the molecule is O=C(NCCCOC1CCCCC1)N1CCCC1c1cccs1. The van der Waals surface area contributed by atoms with Crippen LogP contribution in [0.4, 0.5) is 4.79 Å². The zero-order valence-electron chi connectivity index (χ0n) is 13.8. The quantitative estimate of drug-likeness (QED) is 0.785. The summed E-state index contributed by atoms with van der Waals surface area (Å²) in [7, 11) is 0. The average Bonchev–Trinajstić information content (AvgIpc) is 3.26. The maximum absolute atomic E-state index is 12.4. The Hall–Kier alpha value is -1.07. The van der Waals surface area contributed by atoms with Crippen molar-refractivity contribution in [2.24, 2.45) is 0 Å². The van der Waals surface area contributed by atoms with Crippen molar-refractivity contribution >= 4 is 17.4 Å². The first-order chi connectivity index (χ1) is 11.3. The van der Waals surface area contributed by atoms with Crippen molar-refractivity contribution in [3.63, 3.8) is 0 Å². The maximum atomic E-state index is 12.4. The lowest BCUT2D eigenvalue weighted by Gasteiger charge is -2.24. The number of nitrogens with one attached hydrogen (secondary N) is 1. The molecule has 1 unspecified atom stereocenters. The second-order valence-corrected chi connectivity index (χ2v) is 7.56. The van der Waals surface area contributed by atoms with Gasteiger partial charge in [-0.15, -0.1) is 11.3 Å². The lowest BCUT2D eigenvalue weighted by molar-refractivity contribution is 0.0274. The fourth-order valence-electron chi connectivity index (χ4n) is 3.64. The molecule has 1 aliphatic heterocycles. The van der Waals surface area contributed by atoms with Crippen LogP contribution < -0.4 is 5.32 Å². The molecule has 0 bridgehead atoms. The van der Waals surface area contributed by atoms with E-state index in [-0.39, 0.29) is 12.1 Å². The van der Waals surface area contributed by atoms with Gasteiger partial charge in [0.25, 0.3) is 0 Å². The Bertz CT molecular complexity index is 471. The standard InChI is InChI=1S/C18H28N2O2S/c21-18(19-11-6-13-22-15-7-2-1-3-8-15)20-12-4-9-16(20)17-10-5-14-23-17/h5,10,14-16H,1-4,6-9,11-13H2,(H,19,21). The minimum Gasteiger partial charge on any atom is -0.378 e. The van der Waals surface area contributed by atoms with Crippen molar-refractivity contribution in [2.75, 3.05) is 19.7 Å². The number of carbonyl (C=O) groups excluding carboxylic acids is 1. The highest BCUT2D eigenvalue weighted by atomic mass is 32.1. The van der Waals surface area contributed by atoms with Gasteiger partial charge < -0.3 is 15.0 Å². The number of hydrogen-bond acceptors (Lipinski definition) is 3. The first-order valence-electron chi connectivity index (χ1n) is 9.04. The summed E-state index contributed by atoms with van der Waals surface area (Å²) < 4.78 is 5.91. The van der Waals surface area contributed by atoms with E-state index in [1.807, 2.05) is 4.90 Å². The van der Waals surface area contributed by atoms with Crippen molar-refractivity contribution in [2.45, 2.75) is 63.5 Å². The summed E-state index contributed by atoms with van der Waals surface area (Å²) in [6.45, 7) is 2.34. The summed E-state index contributed by atoms with van der Waals surface area (Å²) >= 11 is 1.75. The summed E-state index contributed by atoms with van der Waals surface area (Å²) in [5, 5.41) is 5.16. The third-order valence-electron chi connectivity index (χ3n) is 4.89. The van der Waals surface area contributed by atoms with Crippen molar-refractivity contribution < 1.29 is 9.53 Å². The van der Waals surface area contributed by atoms with Crippen LogP contribution >= 0.6 is 11.3 Å². The molecule has 1 aliphatic carbocycles. The Morgan fingerprint density at radius 1 is 1.26 bits per heavy atom. The van der Waals surface area contributed by atoms with Gasteiger partial charge >= 0.3 is 6.03 Å². The number of rotatable bonds is 6. The monoisotopic (exact) mass is 336 g/mol. The van der Waals surface area contributed by atoms with Crippen LogP contribution in [0.1, 0.15) is 62.3 Å². The second-order valence-electron chi connectivity index (χ2n) is 6.58. The molecule has 23 heavy (non-hydrogen) atoms. The summed E-state index contributed by atoms with van der Waals surface area (Å²) in [5.41, 5.74) is 0. The van der Waals surface area contributed by atoms with Crippen LogP contribution in [0.15, 0.2) is 17.5 Å². The van der Waals surface area contributed by atoms with Gasteiger partial charge in [0, 0.05) is 24.6 Å². The van der Waals surface area contributed by atoms with Gasteiger partial charge in [0.1, 0.15) is 0 Å². The molecule has 2 aliphatic rings. The Kier molecular flexibility index (Phi) is 6.34. The van der Waals surface area contributed by atoms with E-state index >= 15 is 0 Å². The molecule has 1 aromatic rings. The molecule has 0 spiro atoms. The van der Waals surface area contributed by atoms with Crippen molar-refractivity contribution in [1.29, 1.82) is 0 Å². The van der Waals surface area contributed by atoms with Crippen LogP contribution in [-0.2, 0) is 4.74 Å². The number of likely N-dealkylation sites (tertiary alicyclic amines) is 1. The van der Waals surface area contributed by atoms with E-state index < -0.39 is 0 Å². The smallest absolute Gasteiger partial charge is 0.317 e. The number of amides is 2. The summed E-state index contributed by atoms with van der Waals surface area (Å²) in [6.07, 6.45) is 9.93. The zero-order chi connectivity index (χ0) is 15.9. The van der Waals surface area contributed by atoms with E-state index in [0.29, 0.717) is 12.6 Å². The second kappa shape index (κ2) is 8.69. The molecular formula is C18H28N2O2S. The van der Waals surface area contributed by atoms with E-state index in [1.54, 1.807) is 11.3 Å². The van der Waals surface area contributed by atoms with Crippen LogP contribution in [0.2, 0.25) is 0 Å². The molecule has 5 heteroatoms. The average molecular weight is 337 g/mol. The molecule has 1 saturated heterocycles. The number of ether oxygens (including phenoxy) is 1.